The van der Waals surface area contributed by atoms with Crippen molar-refractivity contribution in [2.75, 3.05) is 5.32 Å². The molecular weight excluding hydrogens is 206 g/mol. The Balaban J connectivity index is 1.95. The van der Waals surface area contributed by atoms with E-state index in [0.717, 1.165) is 22.5 Å². The normalized spacial score (nSPS) is 25.7. The molecule has 1 aliphatic carbocycles. The van der Waals surface area contributed by atoms with Crippen LogP contribution in [0.2, 0.25) is 0 Å². The molecule has 1 fully saturated rings. The average Bonchev–Trinajstić information content (AvgIpc) is 2.87. The molecule has 2 atom stereocenters. The van der Waals surface area contributed by atoms with Gasteiger partial charge in [0, 0.05) is 6.04 Å². The molecule has 0 aliphatic heterocycles. The second-order valence-corrected chi connectivity index (χ2v) is 5.27. The fourth-order valence-corrected chi connectivity index (χ4v) is 3.07. The van der Waals surface area contributed by atoms with Gasteiger partial charge < -0.3 is 5.32 Å². The maximum Gasteiger partial charge on any atom is 0.205 e. The van der Waals surface area contributed by atoms with E-state index >= 15 is 0 Å². The number of aryl methyl sites for hydroxylation is 1. The minimum absolute atomic E-state index is 0.632. The third-order valence-electron chi connectivity index (χ3n) is 3.26. The summed E-state index contributed by atoms with van der Waals surface area (Å²) in [5.74, 6) is 0.832. The molecule has 4 heteroatoms. The van der Waals surface area contributed by atoms with E-state index in [1.165, 1.54) is 25.7 Å². The zero-order valence-electron chi connectivity index (χ0n) is 9.49. The van der Waals surface area contributed by atoms with Crippen LogP contribution in [0.5, 0.6) is 0 Å². The van der Waals surface area contributed by atoms with Gasteiger partial charge in [0.25, 0.3) is 0 Å². The molecule has 0 bridgehead atoms. The Morgan fingerprint density at radius 3 is 2.87 bits per heavy atom. The van der Waals surface area contributed by atoms with Crippen molar-refractivity contribution in [2.45, 2.75) is 52.0 Å². The van der Waals surface area contributed by atoms with Gasteiger partial charge in [0.15, 0.2) is 0 Å². The van der Waals surface area contributed by atoms with Crippen molar-refractivity contribution < 1.29 is 0 Å². The molecule has 3 nitrogen and oxygen atoms in total. The van der Waals surface area contributed by atoms with Crippen LogP contribution in [0, 0.1) is 5.92 Å². The van der Waals surface area contributed by atoms with E-state index in [4.69, 9.17) is 0 Å². The molecule has 1 saturated carbocycles. The molecule has 1 N–H and O–H groups in total. The molecular formula is C11H19N3S. The SMILES string of the molecule is CCc1nnc(NC2CCCC2CC)s1. The Kier molecular flexibility index (Phi) is 3.57. The van der Waals surface area contributed by atoms with Gasteiger partial charge in [-0.05, 0) is 25.2 Å². The lowest BCUT2D eigenvalue weighted by Crippen LogP contribution is -2.23. The van der Waals surface area contributed by atoms with Gasteiger partial charge in [0.05, 0.1) is 0 Å². The second kappa shape index (κ2) is 4.92. The Bertz CT molecular complexity index is 311. The first-order valence-corrected chi connectivity index (χ1v) is 6.74. The Hall–Kier alpha value is -0.640. The van der Waals surface area contributed by atoms with Crippen LogP contribution in [0.3, 0.4) is 0 Å². The van der Waals surface area contributed by atoms with Gasteiger partial charge in [-0.25, -0.2) is 0 Å². The number of rotatable bonds is 4. The third-order valence-corrected chi connectivity index (χ3v) is 4.26. The number of nitrogens with one attached hydrogen (secondary N) is 1. The van der Waals surface area contributed by atoms with Gasteiger partial charge >= 0.3 is 0 Å². The predicted octanol–water partition coefficient (Wildman–Crippen LogP) is 3.09. The van der Waals surface area contributed by atoms with E-state index in [9.17, 15) is 0 Å². The molecule has 0 spiro atoms. The first-order chi connectivity index (χ1) is 7.33. The minimum atomic E-state index is 0.632. The summed E-state index contributed by atoms with van der Waals surface area (Å²) in [6.07, 6.45) is 6.28. The van der Waals surface area contributed by atoms with Gasteiger partial charge in [-0.1, -0.05) is 38.0 Å². The molecule has 1 heterocycles. The fourth-order valence-electron chi connectivity index (χ4n) is 2.33. The molecule has 1 aromatic heterocycles. The van der Waals surface area contributed by atoms with Gasteiger partial charge in [-0.15, -0.1) is 10.2 Å². The van der Waals surface area contributed by atoms with E-state index in [0.29, 0.717) is 6.04 Å². The van der Waals surface area contributed by atoms with Crippen molar-refractivity contribution >= 4 is 16.5 Å². The van der Waals surface area contributed by atoms with Gasteiger partial charge in [0.1, 0.15) is 5.01 Å². The van der Waals surface area contributed by atoms with Crippen molar-refractivity contribution in [1.29, 1.82) is 0 Å². The highest BCUT2D eigenvalue weighted by Gasteiger charge is 2.26. The fraction of sp³-hybridized carbons (Fsp3) is 0.818. The van der Waals surface area contributed by atoms with Crippen LogP contribution in [-0.4, -0.2) is 16.2 Å². The Morgan fingerprint density at radius 2 is 2.20 bits per heavy atom. The zero-order chi connectivity index (χ0) is 10.7. The van der Waals surface area contributed by atoms with E-state index in [-0.39, 0.29) is 0 Å². The number of anilines is 1. The Morgan fingerprint density at radius 1 is 1.33 bits per heavy atom. The lowest BCUT2D eigenvalue weighted by molar-refractivity contribution is 0.488. The number of aromatic nitrogens is 2. The van der Waals surface area contributed by atoms with Crippen LogP contribution in [0.25, 0.3) is 0 Å². The van der Waals surface area contributed by atoms with Crippen molar-refractivity contribution in [3.8, 4) is 0 Å². The van der Waals surface area contributed by atoms with Gasteiger partial charge in [-0.3, -0.25) is 0 Å². The first kappa shape index (κ1) is 10.9. The zero-order valence-corrected chi connectivity index (χ0v) is 10.3. The molecule has 0 saturated heterocycles. The van der Waals surface area contributed by atoms with Crippen molar-refractivity contribution in [3.05, 3.63) is 5.01 Å². The highest BCUT2D eigenvalue weighted by Crippen LogP contribution is 2.31. The summed E-state index contributed by atoms with van der Waals surface area (Å²) in [7, 11) is 0. The van der Waals surface area contributed by atoms with E-state index in [1.54, 1.807) is 11.3 Å². The van der Waals surface area contributed by atoms with Crippen LogP contribution in [0.4, 0.5) is 5.13 Å². The van der Waals surface area contributed by atoms with Gasteiger partial charge in [0.2, 0.25) is 5.13 Å². The maximum absolute atomic E-state index is 4.18. The monoisotopic (exact) mass is 225 g/mol. The highest BCUT2D eigenvalue weighted by atomic mass is 32.1. The van der Waals surface area contributed by atoms with Crippen LogP contribution in [-0.2, 0) is 6.42 Å². The quantitative estimate of drug-likeness (QED) is 0.855. The molecule has 2 rings (SSSR count). The predicted molar refractivity (Wildman–Crippen MR) is 64.3 cm³/mol. The summed E-state index contributed by atoms with van der Waals surface area (Å²) in [6.45, 7) is 4.40. The number of hydrogen-bond acceptors (Lipinski definition) is 4. The van der Waals surface area contributed by atoms with Crippen molar-refractivity contribution in [3.63, 3.8) is 0 Å². The molecule has 0 aromatic carbocycles. The van der Waals surface area contributed by atoms with E-state index in [2.05, 4.69) is 29.4 Å². The van der Waals surface area contributed by atoms with E-state index in [1.807, 2.05) is 0 Å². The third kappa shape index (κ3) is 2.48. The largest absolute Gasteiger partial charge is 0.357 e. The molecule has 2 unspecified atom stereocenters. The lowest BCUT2D eigenvalue weighted by Gasteiger charge is -2.18. The van der Waals surface area contributed by atoms with Crippen molar-refractivity contribution in [1.82, 2.24) is 10.2 Å². The molecule has 15 heavy (non-hydrogen) atoms. The van der Waals surface area contributed by atoms with Crippen LogP contribution >= 0.6 is 11.3 Å². The summed E-state index contributed by atoms with van der Waals surface area (Å²) < 4.78 is 0. The number of hydrogen-bond donors (Lipinski definition) is 1. The summed E-state index contributed by atoms with van der Waals surface area (Å²) in [4.78, 5) is 0. The molecule has 0 radical (unpaired) electrons. The van der Waals surface area contributed by atoms with Crippen LogP contribution in [0.1, 0.15) is 44.5 Å². The topological polar surface area (TPSA) is 37.8 Å². The molecule has 84 valence electrons. The summed E-state index contributed by atoms with van der Waals surface area (Å²) >= 11 is 1.70. The van der Waals surface area contributed by atoms with Crippen molar-refractivity contribution in [2.24, 2.45) is 5.92 Å². The maximum atomic E-state index is 4.18. The minimum Gasteiger partial charge on any atom is -0.357 e. The highest BCUT2D eigenvalue weighted by molar-refractivity contribution is 7.15. The molecule has 0 amide bonds. The summed E-state index contributed by atoms with van der Waals surface area (Å²) in [6, 6.07) is 0.632. The lowest BCUT2D eigenvalue weighted by atomic mass is 10.0. The summed E-state index contributed by atoms with van der Waals surface area (Å²) in [5.41, 5.74) is 0. The Labute approximate surface area is 95.3 Å². The number of nitrogens with zero attached hydrogens (tertiary/aromatic N) is 2. The smallest absolute Gasteiger partial charge is 0.205 e. The molecule has 1 aromatic rings. The second-order valence-electron chi connectivity index (χ2n) is 4.20. The van der Waals surface area contributed by atoms with E-state index < -0.39 is 0 Å². The standard InChI is InChI=1S/C11H19N3S/c1-3-8-6-5-7-9(8)12-11-14-13-10(4-2)15-11/h8-9H,3-7H2,1-2H3,(H,12,14). The summed E-state index contributed by atoms with van der Waals surface area (Å²) in [5, 5.41) is 14.0. The first-order valence-electron chi connectivity index (χ1n) is 5.92. The van der Waals surface area contributed by atoms with Crippen LogP contribution in [0.15, 0.2) is 0 Å². The molecule has 1 aliphatic rings. The van der Waals surface area contributed by atoms with Gasteiger partial charge in [-0.2, -0.15) is 0 Å². The van der Waals surface area contributed by atoms with Crippen LogP contribution < -0.4 is 5.32 Å². The average molecular weight is 225 g/mol.